The largest absolute Gasteiger partial charge is 0.485 e. The van der Waals surface area contributed by atoms with Gasteiger partial charge in [-0.05, 0) is 36.2 Å². The van der Waals surface area contributed by atoms with Crippen molar-refractivity contribution in [3.05, 3.63) is 70.6 Å². The average molecular weight is 464 g/mol. The molecule has 0 amide bonds. The molecular formula is C22H22F2N2O5S. The monoisotopic (exact) mass is 464 g/mol. The molecule has 32 heavy (non-hydrogen) atoms. The van der Waals surface area contributed by atoms with Gasteiger partial charge >= 0.3 is 5.56 Å². The highest BCUT2D eigenvalue weighted by Crippen LogP contribution is 2.28. The molecule has 2 aromatic carbocycles. The van der Waals surface area contributed by atoms with Crippen LogP contribution in [-0.2, 0) is 14.6 Å². The van der Waals surface area contributed by atoms with E-state index in [2.05, 4.69) is 5.10 Å². The van der Waals surface area contributed by atoms with Crippen molar-refractivity contribution in [1.29, 1.82) is 0 Å². The molecule has 3 rings (SSSR count). The third kappa shape index (κ3) is 5.38. The van der Waals surface area contributed by atoms with Gasteiger partial charge in [-0.3, -0.25) is 4.79 Å². The second kappa shape index (κ2) is 10.0. The smallest absolute Gasteiger partial charge is 0.314 e. The molecule has 0 aliphatic rings. The number of sulfone groups is 1. The van der Waals surface area contributed by atoms with Crippen LogP contribution in [0.15, 0.2) is 58.4 Å². The summed E-state index contributed by atoms with van der Waals surface area (Å²) in [6.45, 7) is 2.82. The van der Waals surface area contributed by atoms with E-state index in [9.17, 15) is 22.0 Å². The number of aromatic nitrogens is 2. The van der Waals surface area contributed by atoms with E-state index >= 15 is 0 Å². The van der Waals surface area contributed by atoms with Crippen LogP contribution in [0.3, 0.4) is 0 Å². The van der Waals surface area contributed by atoms with Crippen LogP contribution < -0.4 is 10.3 Å². The molecule has 0 saturated heterocycles. The van der Waals surface area contributed by atoms with E-state index in [0.29, 0.717) is 17.7 Å². The first kappa shape index (κ1) is 23.6. The zero-order valence-electron chi connectivity index (χ0n) is 17.5. The van der Waals surface area contributed by atoms with Gasteiger partial charge in [-0.2, -0.15) is 9.78 Å². The molecule has 0 fully saturated rings. The summed E-state index contributed by atoms with van der Waals surface area (Å²) in [4.78, 5) is 13.3. The van der Waals surface area contributed by atoms with Crippen LogP contribution in [0.2, 0.25) is 0 Å². The first-order chi connectivity index (χ1) is 15.2. The minimum Gasteiger partial charge on any atom is -0.485 e. The predicted octanol–water partition coefficient (Wildman–Crippen LogP) is 3.39. The number of ether oxygens (including phenoxy) is 2. The van der Waals surface area contributed by atoms with Crippen molar-refractivity contribution in [3.8, 4) is 22.6 Å². The maximum absolute atomic E-state index is 13.7. The molecule has 1 heterocycles. The Kier molecular flexibility index (Phi) is 7.37. The summed E-state index contributed by atoms with van der Waals surface area (Å²) in [5.41, 5.74) is 0.171. The molecule has 0 atom stereocenters. The van der Waals surface area contributed by atoms with Gasteiger partial charge in [0.1, 0.15) is 6.61 Å². The lowest BCUT2D eigenvalue weighted by Crippen LogP contribution is -2.25. The highest BCUT2D eigenvalue weighted by molar-refractivity contribution is 7.90. The van der Waals surface area contributed by atoms with E-state index < -0.39 is 27.0 Å². The lowest BCUT2D eigenvalue weighted by atomic mass is 10.1. The molecule has 10 heteroatoms. The van der Waals surface area contributed by atoms with Crippen molar-refractivity contribution in [2.45, 2.75) is 18.2 Å². The molecule has 0 aliphatic heterocycles. The van der Waals surface area contributed by atoms with Gasteiger partial charge < -0.3 is 9.47 Å². The number of hydrogen-bond donors (Lipinski definition) is 0. The van der Waals surface area contributed by atoms with Crippen LogP contribution in [0.1, 0.15) is 13.3 Å². The van der Waals surface area contributed by atoms with Crippen LogP contribution in [0.4, 0.5) is 8.78 Å². The maximum Gasteiger partial charge on any atom is 0.314 e. The summed E-state index contributed by atoms with van der Waals surface area (Å²) in [5, 5.41) is 4.07. The highest BCUT2D eigenvalue weighted by atomic mass is 32.2. The van der Waals surface area contributed by atoms with Gasteiger partial charge in [0.15, 0.2) is 27.2 Å². The van der Waals surface area contributed by atoms with Crippen molar-refractivity contribution in [2.24, 2.45) is 0 Å². The third-order valence-corrected chi connectivity index (χ3v) is 5.63. The molecule has 3 aromatic rings. The van der Waals surface area contributed by atoms with Crippen LogP contribution in [0, 0.1) is 11.6 Å². The Bertz CT molecular complexity index is 1260. The zero-order valence-corrected chi connectivity index (χ0v) is 18.4. The van der Waals surface area contributed by atoms with E-state index in [1.54, 1.807) is 0 Å². The SMILES string of the molecule is CCCOCCOc1c(-c2ccc(S(C)(=O)=O)cc2)cnn(-c2ccc(F)c(F)c2)c1=O. The molecule has 0 aliphatic carbocycles. The molecule has 0 unspecified atom stereocenters. The second-order valence-electron chi connectivity index (χ2n) is 6.96. The summed E-state index contributed by atoms with van der Waals surface area (Å²) >= 11 is 0. The minimum absolute atomic E-state index is 0.0277. The van der Waals surface area contributed by atoms with Gasteiger partial charge in [0, 0.05) is 24.5 Å². The van der Waals surface area contributed by atoms with E-state index in [0.717, 1.165) is 29.5 Å². The van der Waals surface area contributed by atoms with Crippen molar-refractivity contribution in [3.63, 3.8) is 0 Å². The number of halogens is 2. The fourth-order valence-corrected chi connectivity index (χ4v) is 3.54. The molecule has 170 valence electrons. The molecule has 7 nitrogen and oxygen atoms in total. The molecule has 1 aromatic heterocycles. The van der Waals surface area contributed by atoms with Gasteiger partial charge in [-0.25, -0.2) is 17.2 Å². The summed E-state index contributed by atoms with van der Waals surface area (Å²) in [7, 11) is -3.39. The zero-order chi connectivity index (χ0) is 23.3. The molecule has 0 N–H and O–H groups in total. The molecule has 0 bridgehead atoms. The molecule has 0 radical (unpaired) electrons. The molecule has 0 saturated carbocycles. The Morgan fingerprint density at radius 3 is 2.34 bits per heavy atom. The van der Waals surface area contributed by atoms with E-state index in [1.807, 2.05) is 6.92 Å². The van der Waals surface area contributed by atoms with Crippen molar-refractivity contribution in [2.75, 3.05) is 26.1 Å². The van der Waals surface area contributed by atoms with Gasteiger partial charge in [-0.1, -0.05) is 19.1 Å². The standard InChI is InChI=1S/C22H22F2N2O5S/c1-3-10-30-11-12-31-21-18(15-4-7-17(8-5-15)32(2,28)29)14-25-26(22(21)27)16-6-9-19(23)20(24)13-16/h4-9,13-14H,3,10-12H2,1-2H3. The maximum atomic E-state index is 13.7. The van der Waals surface area contributed by atoms with Gasteiger partial charge in [0.05, 0.1) is 23.4 Å². The van der Waals surface area contributed by atoms with Gasteiger partial charge in [0.2, 0.25) is 0 Å². The lowest BCUT2D eigenvalue weighted by molar-refractivity contribution is 0.100. The van der Waals surface area contributed by atoms with Crippen molar-refractivity contribution >= 4 is 9.84 Å². The van der Waals surface area contributed by atoms with Gasteiger partial charge in [-0.15, -0.1) is 0 Å². The lowest BCUT2D eigenvalue weighted by Gasteiger charge is -2.14. The minimum atomic E-state index is -3.39. The summed E-state index contributed by atoms with van der Waals surface area (Å²) in [6, 6.07) is 8.89. The van der Waals surface area contributed by atoms with E-state index in [-0.39, 0.29) is 29.5 Å². The predicted molar refractivity (Wildman–Crippen MR) is 115 cm³/mol. The number of nitrogens with zero attached hydrogens (tertiary/aromatic N) is 2. The quantitative estimate of drug-likeness (QED) is 0.451. The normalized spacial score (nSPS) is 11.5. The Balaban J connectivity index is 2.04. The van der Waals surface area contributed by atoms with Crippen LogP contribution in [-0.4, -0.2) is 44.3 Å². The second-order valence-corrected chi connectivity index (χ2v) is 8.98. The fraction of sp³-hybridized carbons (Fsp3) is 0.273. The summed E-state index contributed by atoms with van der Waals surface area (Å²) < 4.78 is 62.4. The average Bonchev–Trinajstić information content (AvgIpc) is 2.76. The van der Waals surface area contributed by atoms with E-state index in [4.69, 9.17) is 9.47 Å². The third-order valence-electron chi connectivity index (χ3n) is 4.50. The van der Waals surface area contributed by atoms with Crippen molar-refractivity contribution in [1.82, 2.24) is 9.78 Å². The first-order valence-corrected chi connectivity index (χ1v) is 11.7. The Morgan fingerprint density at radius 1 is 1.00 bits per heavy atom. The van der Waals surface area contributed by atoms with Crippen LogP contribution in [0.25, 0.3) is 16.8 Å². The Morgan fingerprint density at radius 2 is 1.72 bits per heavy atom. The number of hydrogen-bond acceptors (Lipinski definition) is 6. The summed E-state index contributed by atoms with van der Waals surface area (Å²) in [6.07, 6.45) is 3.27. The molecule has 0 spiro atoms. The van der Waals surface area contributed by atoms with Crippen LogP contribution >= 0.6 is 0 Å². The Hall–Kier alpha value is -3.11. The van der Waals surface area contributed by atoms with Gasteiger partial charge in [0.25, 0.3) is 0 Å². The first-order valence-electron chi connectivity index (χ1n) is 9.81. The summed E-state index contributed by atoms with van der Waals surface area (Å²) in [5.74, 6) is -2.24. The fourth-order valence-electron chi connectivity index (χ4n) is 2.91. The number of rotatable bonds is 9. The van der Waals surface area contributed by atoms with E-state index in [1.165, 1.54) is 36.5 Å². The van der Waals surface area contributed by atoms with Crippen LogP contribution in [0.5, 0.6) is 5.75 Å². The topological polar surface area (TPSA) is 87.5 Å². The highest BCUT2D eigenvalue weighted by Gasteiger charge is 2.17. The number of benzene rings is 2. The van der Waals surface area contributed by atoms with Crippen molar-refractivity contribution < 1.29 is 26.7 Å². The Labute approximate surface area is 184 Å². The molecular weight excluding hydrogens is 442 g/mol.